The van der Waals surface area contributed by atoms with Crippen molar-refractivity contribution < 1.29 is 27.6 Å². The van der Waals surface area contributed by atoms with Crippen LogP contribution < -0.4 is 25.6 Å². The third-order valence-corrected chi connectivity index (χ3v) is 8.68. The molecule has 4 rings (SSSR count). The number of amides is 5. The Kier molecular flexibility index (Phi) is 8.43. The molecule has 2 unspecified atom stereocenters. The predicted octanol–water partition coefficient (Wildman–Crippen LogP) is 2.62. The quantitative estimate of drug-likeness (QED) is 0.371. The molecule has 0 fully saturated rings. The van der Waals surface area contributed by atoms with E-state index in [4.69, 9.17) is 11.5 Å². The summed E-state index contributed by atoms with van der Waals surface area (Å²) >= 11 is 0. The Bertz CT molecular complexity index is 1590. The zero-order valence-corrected chi connectivity index (χ0v) is 23.5. The Hall–Kier alpha value is -4.71. The lowest BCUT2D eigenvalue weighted by atomic mass is 9.85. The Morgan fingerprint density at radius 3 is 2.29 bits per heavy atom. The van der Waals surface area contributed by atoms with E-state index in [9.17, 15) is 27.6 Å². The predicted molar refractivity (Wildman–Crippen MR) is 156 cm³/mol. The van der Waals surface area contributed by atoms with Crippen LogP contribution in [0.2, 0.25) is 0 Å². The highest BCUT2D eigenvalue weighted by atomic mass is 32.2. The van der Waals surface area contributed by atoms with E-state index in [0.29, 0.717) is 9.99 Å². The van der Waals surface area contributed by atoms with Crippen molar-refractivity contribution in [1.29, 1.82) is 0 Å². The van der Waals surface area contributed by atoms with Crippen molar-refractivity contribution in [2.24, 2.45) is 11.5 Å². The fraction of sp³-hybridized carbons (Fsp3) is 0.241. The van der Waals surface area contributed by atoms with Crippen LogP contribution in [-0.2, 0) is 24.4 Å². The van der Waals surface area contributed by atoms with Crippen LogP contribution in [0.15, 0.2) is 72.8 Å². The number of nitrogens with zero attached hydrogens (tertiary/aromatic N) is 3. The molecule has 5 amide bonds. The van der Waals surface area contributed by atoms with Gasteiger partial charge in [-0.1, -0.05) is 48.5 Å². The molecule has 0 saturated heterocycles. The lowest BCUT2D eigenvalue weighted by Gasteiger charge is -2.33. The van der Waals surface area contributed by atoms with Crippen LogP contribution in [0, 0.1) is 6.92 Å². The number of anilines is 3. The maximum Gasteiger partial charge on any atom is 0.320 e. The first-order chi connectivity index (χ1) is 19.5. The zero-order chi connectivity index (χ0) is 29.9. The number of aryl methyl sites for hydroxylation is 1. The van der Waals surface area contributed by atoms with Gasteiger partial charge in [0.25, 0.3) is 5.91 Å². The average molecular weight is 578 g/mol. The minimum Gasteiger partial charge on any atom is -0.368 e. The summed E-state index contributed by atoms with van der Waals surface area (Å²) in [6, 6.07) is 18.4. The average Bonchev–Trinajstić information content (AvgIpc) is 3.04. The Labute approximate surface area is 238 Å². The highest BCUT2D eigenvalue weighted by molar-refractivity contribution is 7.93. The number of benzene rings is 3. The Morgan fingerprint density at radius 1 is 1.00 bits per heavy atom. The molecule has 4 N–H and O–H groups in total. The second-order valence-corrected chi connectivity index (χ2v) is 11.8. The summed E-state index contributed by atoms with van der Waals surface area (Å²) in [4.78, 5) is 53.5. The minimum atomic E-state index is -3.97. The molecule has 0 bridgehead atoms. The summed E-state index contributed by atoms with van der Waals surface area (Å²) in [7, 11) is -3.97. The van der Waals surface area contributed by atoms with Crippen LogP contribution in [-0.4, -0.2) is 51.0 Å². The normalized spacial score (nSPS) is 16.8. The van der Waals surface area contributed by atoms with Crippen LogP contribution in [0.1, 0.15) is 36.0 Å². The van der Waals surface area contributed by atoms with Crippen molar-refractivity contribution in [2.75, 3.05) is 26.4 Å². The van der Waals surface area contributed by atoms with Gasteiger partial charge in [0, 0.05) is 17.3 Å². The van der Waals surface area contributed by atoms with Crippen molar-refractivity contribution in [3.8, 4) is 0 Å². The molecule has 214 valence electrons. The number of hydrogen-bond donors (Lipinski definition) is 2. The second kappa shape index (κ2) is 11.8. The third-order valence-electron chi connectivity index (χ3n) is 7.05. The largest absolute Gasteiger partial charge is 0.368 e. The van der Waals surface area contributed by atoms with Gasteiger partial charge in [-0.3, -0.25) is 19.3 Å². The Balaban J connectivity index is 1.92. The van der Waals surface area contributed by atoms with Crippen molar-refractivity contribution in [1.82, 2.24) is 0 Å². The second-order valence-electron chi connectivity index (χ2n) is 9.70. The summed E-state index contributed by atoms with van der Waals surface area (Å²) < 4.78 is 25.6. The molecule has 11 nitrogen and oxygen atoms in total. The van der Waals surface area contributed by atoms with Crippen molar-refractivity contribution in [2.45, 2.75) is 32.2 Å². The van der Waals surface area contributed by atoms with Gasteiger partial charge in [0.15, 0.2) is 0 Å². The number of carbonyl (C=O) groups excluding carboxylic acids is 4. The van der Waals surface area contributed by atoms with Crippen LogP contribution in [0.4, 0.5) is 21.9 Å². The van der Waals surface area contributed by atoms with E-state index in [-0.39, 0.29) is 30.0 Å². The smallest absolute Gasteiger partial charge is 0.320 e. The van der Waals surface area contributed by atoms with Crippen molar-refractivity contribution >= 4 is 51.3 Å². The fourth-order valence-corrected chi connectivity index (χ4v) is 5.98. The van der Waals surface area contributed by atoms with Crippen molar-refractivity contribution in [3.05, 3.63) is 89.5 Å². The monoisotopic (exact) mass is 577 g/mol. The summed E-state index contributed by atoms with van der Waals surface area (Å²) in [6.07, 6.45) is 0.258. The third kappa shape index (κ3) is 5.92. The molecule has 0 saturated carbocycles. The topological polar surface area (TPSA) is 164 Å². The number of nitrogens with two attached hydrogens (primary N) is 2. The molecular weight excluding hydrogens is 546 g/mol. The van der Waals surface area contributed by atoms with E-state index in [0.717, 1.165) is 21.6 Å². The standard InChI is InChI=1S/C29H31N5O6S/c1-3-41(39,40)33(18-35)21-10-7-11-22(15-21)34(29(31)38)26-16-24(20-8-5-4-6-9-20)23-13-12-19(2)14-25(23)32(28(26)37)17-27(30)36/h4-15,18,24,26H,3,16-17H2,1-2H3,(H2,30,36)(H2,31,38). The van der Waals surface area contributed by atoms with E-state index >= 15 is 0 Å². The maximum absolute atomic E-state index is 14.2. The van der Waals surface area contributed by atoms with Crippen LogP contribution in [0.5, 0.6) is 0 Å². The number of primary amides is 2. The minimum absolute atomic E-state index is 0.0285. The molecule has 12 heteroatoms. The zero-order valence-electron chi connectivity index (χ0n) is 22.6. The number of fused-ring (bicyclic) bond motifs is 1. The van der Waals surface area contributed by atoms with Gasteiger partial charge in [0.05, 0.1) is 11.4 Å². The number of rotatable bonds is 9. The van der Waals surface area contributed by atoms with Gasteiger partial charge in [-0.05, 0) is 61.2 Å². The molecule has 1 aliphatic rings. The molecule has 3 aromatic rings. The maximum atomic E-state index is 14.2. The first-order valence-corrected chi connectivity index (χ1v) is 14.5. The molecule has 2 atom stereocenters. The summed E-state index contributed by atoms with van der Waals surface area (Å²) in [5.74, 6) is -2.07. The number of carbonyl (C=O) groups is 4. The summed E-state index contributed by atoms with van der Waals surface area (Å²) in [5, 5.41) is 0. The fourth-order valence-electron chi connectivity index (χ4n) is 5.13. The number of urea groups is 1. The molecule has 0 radical (unpaired) electrons. The summed E-state index contributed by atoms with van der Waals surface area (Å²) in [5.41, 5.74) is 14.5. The van der Waals surface area contributed by atoms with E-state index in [1.165, 1.54) is 36.1 Å². The van der Waals surface area contributed by atoms with Gasteiger partial charge in [-0.2, -0.15) is 0 Å². The van der Waals surface area contributed by atoms with E-state index in [1.807, 2.05) is 49.4 Å². The molecular formula is C29H31N5O6S. The van der Waals surface area contributed by atoms with E-state index in [2.05, 4.69) is 0 Å². The molecule has 0 aromatic heterocycles. The van der Waals surface area contributed by atoms with Gasteiger partial charge in [0.1, 0.15) is 12.6 Å². The van der Waals surface area contributed by atoms with Crippen LogP contribution >= 0.6 is 0 Å². The first-order valence-electron chi connectivity index (χ1n) is 12.9. The molecule has 41 heavy (non-hydrogen) atoms. The Morgan fingerprint density at radius 2 is 1.68 bits per heavy atom. The highest BCUT2D eigenvalue weighted by Crippen LogP contribution is 2.41. The molecule has 0 spiro atoms. The van der Waals surface area contributed by atoms with Gasteiger partial charge in [0.2, 0.25) is 22.3 Å². The van der Waals surface area contributed by atoms with Gasteiger partial charge in [-0.15, -0.1) is 0 Å². The number of hydrogen-bond acceptors (Lipinski definition) is 6. The first kappa shape index (κ1) is 29.3. The molecule has 1 heterocycles. The van der Waals surface area contributed by atoms with Crippen LogP contribution in [0.3, 0.4) is 0 Å². The lowest BCUT2D eigenvalue weighted by Crippen LogP contribution is -2.54. The SMILES string of the molecule is CCS(=O)(=O)N(C=O)c1cccc(N(C(N)=O)C2CC(c3ccccc3)c3ccc(C)cc3N(CC(N)=O)C2=O)c1. The van der Waals surface area contributed by atoms with Gasteiger partial charge in [-0.25, -0.2) is 17.5 Å². The lowest BCUT2D eigenvalue weighted by molar-refractivity contribution is -0.123. The van der Waals surface area contributed by atoms with Gasteiger partial charge < -0.3 is 16.4 Å². The van der Waals surface area contributed by atoms with E-state index in [1.54, 1.807) is 6.07 Å². The summed E-state index contributed by atoms with van der Waals surface area (Å²) in [6.45, 7) is 2.82. The van der Waals surface area contributed by atoms with Gasteiger partial charge >= 0.3 is 6.03 Å². The molecule has 3 aromatic carbocycles. The molecule has 1 aliphatic heterocycles. The highest BCUT2D eigenvalue weighted by Gasteiger charge is 2.41. The molecule has 0 aliphatic carbocycles. The van der Waals surface area contributed by atoms with Crippen molar-refractivity contribution in [3.63, 3.8) is 0 Å². The number of sulfonamides is 1. The van der Waals surface area contributed by atoms with E-state index < -0.39 is 46.4 Å². The van der Waals surface area contributed by atoms with Crippen LogP contribution in [0.25, 0.3) is 0 Å².